The van der Waals surface area contributed by atoms with Crippen molar-refractivity contribution in [2.45, 2.75) is 57.4 Å². The minimum atomic E-state index is 0.243. The van der Waals surface area contributed by atoms with Gasteiger partial charge in [-0.3, -0.25) is 0 Å². The Morgan fingerprint density at radius 1 is 1.38 bits per heavy atom. The van der Waals surface area contributed by atoms with Crippen LogP contribution in [-0.4, -0.2) is 16.0 Å². The van der Waals surface area contributed by atoms with Gasteiger partial charge in [0, 0.05) is 12.2 Å². The molecule has 1 fully saturated rings. The molecule has 0 aromatic carbocycles. The average Bonchev–Trinajstić information content (AvgIpc) is 2.96. The van der Waals surface area contributed by atoms with E-state index in [1.165, 1.54) is 30.5 Å². The van der Waals surface area contributed by atoms with Crippen LogP contribution in [0.2, 0.25) is 0 Å². The summed E-state index contributed by atoms with van der Waals surface area (Å²) in [6.07, 6.45) is 5.74. The summed E-state index contributed by atoms with van der Waals surface area (Å²) in [5, 5.41) is 3.37. The molecule has 1 unspecified atom stereocenters. The molecule has 0 amide bonds. The summed E-state index contributed by atoms with van der Waals surface area (Å²) < 4.78 is 0. The molecule has 1 atom stereocenters. The fourth-order valence-electron chi connectivity index (χ4n) is 2.74. The van der Waals surface area contributed by atoms with E-state index in [0.29, 0.717) is 12.0 Å². The first-order valence-corrected chi connectivity index (χ1v) is 6.20. The Morgan fingerprint density at radius 2 is 2.12 bits per heavy atom. The van der Waals surface area contributed by atoms with Crippen LogP contribution in [0.3, 0.4) is 0 Å². The molecule has 0 bridgehead atoms. The molecule has 1 aromatic heterocycles. The lowest BCUT2D eigenvalue weighted by Gasteiger charge is -2.17. The van der Waals surface area contributed by atoms with Gasteiger partial charge in [-0.15, -0.1) is 0 Å². The quantitative estimate of drug-likeness (QED) is 0.827. The minimum absolute atomic E-state index is 0.243. The van der Waals surface area contributed by atoms with E-state index < -0.39 is 0 Å². The van der Waals surface area contributed by atoms with Crippen molar-refractivity contribution in [2.24, 2.45) is 0 Å². The van der Waals surface area contributed by atoms with Gasteiger partial charge >= 0.3 is 0 Å². The molecule has 2 aliphatic carbocycles. The Kier molecular flexibility index (Phi) is 2.00. The van der Waals surface area contributed by atoms with Crippen LogP contribution in [0.25, 0.3) is 0 Å². The first kappa shape index (κ1) is 10.1. The Bertz CT molecular complexity index is 421. The summed E-state index contributed by atoms with van der Waals surface area (Å²) in [6, 6.07) is 0.628. The van der Waals surface area contributed by atoms with Gasteiger partial charge in [0.2, 0.25) is 5.95 Å². The van der Waals surface area contributed by atoms with Crippen molar-refractivity contribution in [3.63, 3.8) is 0 Å². The van der Waals surface area contributed by atoms with Crippen LogP contribution in [-0.2, 0) is 5.41 Å². The van der Waals surface area contributed by atoms with Crippen LogP contribution < -0.4 is 5.32 Å². The Hall–Kier alpha value is -1.12. The zero-order valence-corrected chi connectivity index (χ0v) is 10.2. The van der Waals surface area contributed by atoms with Crippen LogP contribution >= 0.6 is 0 Å². The van der Waals surface area contributed by atoms with E-state index in [9.17, 15) is 0 Å². The van der Waals surface area contributed by atoms with E-state index in [1.807, 2.05) is 6.20 Å². The maximum Gasteiger partial charge on any atom is 0.223 e. The number of hydrogen-bond donors (Lipinski definition) is 1. The van der Waals surface area contributed by atoms with Gasteiger partial charge in [-0.25, -0.2) is 9.97 Å². The first-order chi connectivity index (χ1) is 7.56. The molecular formula is C13H19N3. The van der Waals surface area contributed by atoms with E-state index in [0.717, 1.165) is 5.95 Å². The lowest BCUT2D eigenvalue weighted by atomic mass is 9.87. The van der Waals surface area contributed by atoms with Crippen LogP contribution in [0.15, 0.2) is 6.20 Å². The fourth-order valence-corrected chi connectivity index (χ4v) is 2.74. The van der Waals surface area contributed by atoms with E-state index in [2.05, 4.69) is 36.1 Å². The summed E-state index contributed by atoms with van der Waals surface area (Å²) in [6.45, 7) is 6.83. The molecule has 0 spiro atoms. The summed E-state index contributed by atoms with van der Waals surface area (Å²) in [4.78, 5) is 9.13. The van der Waals surface area contributed by atoms with Gasteiger partial charge in [-0.1, -0.05) is 20.8 Å². The second kappa shape index (κ2) is 3.19. The van der Waals surface area contributed by atoms with Gasteiger partial charge < -0.3 is 5.32 Å². The number of nitrogens with zero attached hydrogens (tertiary/aromatic N) is 2. The Balaban J connectivity index is 1.95. The van der Waals surface area contributed by atoms with Crippen molar-refractivity contribution >= 4 is 5.95 Å². The third-order valence-electron chi connectivity index (χ3n) is 3.74. The maximum atomic E-state index is 4.69. The monoisotopic (exact) mass is 217 g/mol. The number of hydrogen-bond acceptors (Lipinski definition) is 3. The summed E-state index contributed by atoms with van der Waals surface area (Å²) in [7, 11) is 0. The molecule has 86 valence electrons. The van der Waals surface area contributed by atoms with E-state index in [-0.39, 0.29) is 5.41 Å². The van der Waals surface area contributed by atoms with E-state index >= 15 is 0 Å². The average molecular weight is 217 g/mol. The van der Waals surface area contributed by atoms with Gasteiger partial charge in [0.05, 0.1) is 5.69 Å². The zero-order valence-electron chi connectivity index (χ0n) is 10.2. The maximum absolute atomic E-state index is 4.69. The molecule has 3 rings (SSSR count). The normalized spacial score (nSPS) is 26.6. The van der Waals surface area contributed by atoms with Gasteiger partial charge in [-0.2, -0.15) is 0 Å². The van der Waals surface area contributed by atoms with Crippen molar-refractivity contribution in [1.82, 2.24) is 9.97 Å². The molecule has 3 heteroatoms. The highest BCUT2D eigenvalue weighted by Crippen LogP contribution is 2.44. The number of aromatic nitrogens is 2. The van der Waals surface area contributed by atoms with Crippen molar-refractivity contribution in [3.8, 4) is 0 Å². The van der Waals surface area contributed by atoms with E-state index in [1.54, 1.807) is 0 Å². The molecule has 1 saturated carbocycles. The highest BCUT2D eigenvalue weighted by atomic mass is 15.1. The standard InChI is InChI=1S/C13H19N3/c1-8-6-13(2,3)10-7-14-12(16-11(8)10)15-9-4-5-9/h7-9H,4-6H2,1-3H3,(H,14,15,16). The van der Waals surface area contributed by atoms with Crippen molar-refractivity contribution in [3.05, 3.63) is 17.5 Å². The van der Waals surface area contributed by atoms with Crippen molar-refractivity contribution < 1.29 is 0 Å². The molecule has 16 heavy (non-hydrogen) atoms. The second-order valence-electron chi connectivity index (χ2n) is 5.90. The molecule has 2 aliphatic rings. The smallest absolute Gasteiger partial charge is 0.223 e. The lowest BCUT2D eigenvalue weighted by molar-refractivity contribution is 0.488. The summed E-state index contributed by atoms with van der Waals surface area (Å²) in [5.74, 6) is 1.39. The fraction of sp³-hybridized carbons (Fsp3) is 0.692. The van der Waals surface area contributed by atoms with Crippen LogP contribution in [0.4, 0.5) is 5.95 Å². The lowest BCUT2D eigenvalue weighted by Crippen LogP contribution is -2.13. The Morgan fingerprint density at radius 3 is 2.81 bits per heavy atom. The zero-order chi connectivity index (χ0) is 11.3. The van der Waals surface area contributed by atoms with E-state index in [4.69, 9.17) is 0 Å². The topological polar surface area (TPSA) is 37.8 Å². The first-order valence-electron chi connectivity index (χ1n) is 6.20. The summed E-state index contributed by atoms with van der Waals surface area (Å²) in [5.41, 5.74) is 2.83. The molecule has 1 heterocycles. The van der Waals surface area contributed by atoms with Crippen LogP contribution in [0, 0.1) is 0 Å². The SMILES string of the molecule is CC1CC(C)(C)c2cnc(NC3CC3)nc21. The molecule has 1 N–H and O–H groups in total. The molecule has 3 nitrogen and oxygen atoms in total. The van der Waals surface area contributed by atoms with Gasteiger partial charge in [0.1, 0.15) is 0 Å². The second-order valence-corrected chi connectivity index (χ2v) is 5.90. The number of rotatable bonds is 2. The predicted octanol–water partition coefficient (Wildman–Crippen LogP) is 2.84. The number of nitrogens with one attached hydrogen (secondary N) is 1. The third-order valence-corrected chi connectivity index (χ3v) is 3.74. The molecule has 1 aromatic rings. The van der Waals surface area contributed by atoms with Crippen LogP contribution in [0.5, 0.6) is 0 Å². The van der Waals surface area contributed by atoms with Gasteiger partial charge in [0.25, 0.3) is 0 Å². The molecular weight excluding hydrogens is 198 g/mol. The molecule has 0 saturated heterocycles. The van der Waals surface area contributed by atoms with Gasteiger partial charge in [-0.05, 0) is 36.2 Å². The number of fused-ring (bicyclic) bond motifs is 1. The summed E-state index contributed by atoms with van der Waals surface area (Å²) >= 11 is 0. The van der Waals surface area contributed by atoms with Crippen molar-refractivity contribution in [1.29, 1.82) is 0 Å². The third kappa shape index (κ3) is 1.58. The number of anilines is 1. The van der Waals surface area contributed by atoms with Crippen molar-refractivity contribution in [2.75, 3.05) is 5.32 Å². The van der Waals surface area contributed by atoms with Gasteiger partial charge in [0.15, 0.2) is 0 Å². The molecule has 0 radical (unpaired) electrons. The highest BCUT2D eigenvalue weighted by molar-refractivity contribution is 5.40. The largest absolute Gasteiger partial charge is 0.351 e. The Labute approximate surface area is 96.7 Å². The highest BCUT2D eigenvalue weighted by Gasteiger charge is 2.36. The minimum Gasteiger partial charge on any atom is -0.351 e. The predicted molar refractivity (Wildman–Crippen MR) is 64.7 cm³/mol. The van der Waals surface area contributed by atoms with Crippen LogP contribution in [0.1, 0.15) is 57.2 Å². The molecule has 0 aliphatic heterocycles.